The maximum atomic E-state index is 9.81. The summed E-state index contributed by atoms with van der Waals surface area (Å²) in [6, 6.07) is 7.67. The van der Waals surface area contributed by atoms with Gasteiger partial charge in [0, 0.05) is 27.7 Å². The smallest absolute Gasteiger partial charge is 0.176 e. The number of nitrogens with one attached hydrogen (secondary N) is 1. The highest BCUT2D eigenvalue weighted by atomic mass is 35.5. The van der Waals surface area contributed by atoms with E-state index in [-0.39, 0.29) is 12.4 Å². The number of benzene rings is 2. The van der Waals surface area contributed by atoms with Gasteiger partial charge in [-0.1, -0.05) is 0 Å². The number of aromatic hydroxyl groups is 1. The number of hydrogen-bond acceptors (Lipinski definition) is 1. The molecule has 2 aromatic heterocycles. The number of hydrogen-bond donors (Lipinski definition) is 2. The van der Waals surface area contributed by atoms with Gasteiger partial charge in [-0.2, -0.15) is 0 Å². The van der Waals surface area contributed by atoms with Crippen molar-refractivity contribution in [1.29, 1.82) is 0 Å². The maximum Gasteiger partial charge on any atom is 0.176 e. The fraction of sp³-hybridized carbons (Fsp3) is 0.167. The minimum atomic E-state index is 0. The van der Waals surface area contributed by atoms with Gasteiger partial charge in [-0.15, -0.1) is 0 Å². The summed E-state index contributed by atoms with van der Waals surface area (Å²) in [6.45, 7) is 4.31. The molecule has 112 valence electrons. The first kappa shape index (κ1) is 14.7. The topological polar surface area (TPSA) is 39.9 Å². The second-order valence-electron chi connectivity index (χ2n) is 5.79. The minimum absolute atomic E-state index is 0. The maximum absolute atomic E-state index is 9.81. The lowest BCUT2D eigenvalue weighted by Gasteiger charge is -2.07. The van der Waals surface area contributed by atoms with Gasteiger partial charge in [-0.25, -0.2) is 4.57 Å². The lowest BCUT2D eigenvalue weighted by molar-refractivity contribution is -0.670. The van der Waals surface area contributed by atoms with E-state index in [0.717, 1.165) is 16.4 Å². The summed E-state index contributed by atoms with van der Waals surface area (Å²) < 4.78 is 2.08. The van der Waals surface area contributed by atoms with E-state index >= 15 is 0 Å². The molecule has 2 N–H and O–H groups in total. The van der Waals surface area contributed by atoms with Gasteiger partial charge >= 0.3 is 0 Å². The number of aromatic nitrogens is 2. The zero-order valence-corrected chi connectivity index (χ0v) is 13.5. The molecule has 0 unspecified atom stereocenters. The van der Waals surface area contributed by atoms with Crippen LogP contribution in [0, 0.1) is 13.8 Å². The predicted octanol–water partition coefficient (Wildman–Crippen LogP) is 0.625. The number of nitrogens with zero attached hydrogens (tertiary/aromatic N) is 1. The third-order valence-electron chi connectivity index (χ3n) is 4.44. The summed E-state index contributed by atoms with van der Waals surface area (Å²) in [5, 5.41) is 14.6. The van der Waals surface area contributed by atoms with Crippen molar-refractivity contribution >= 4 is 32.6 Å². The van der Waals surface area contributed by atoms with E-state index in [1.54, 1.807) is 6.07 Å². The van der Waals surface area contributed by atoms with Crippen molar-refractivity contribution in [3.8, 4) is 5.75 Å². The average Bonchev–Trinajstić information content (AvgIpc) is 2.83. The van der Waals surface area contributed by atoms with Crippen LogP contribution in [0.1, 0.15) is 11.1 Å². The van der Waals surface area contributed by atoms with Crippen LogP contribution in [0.5, 0.6) is 5.75 Å². The van der Waals surface area contributed by atoms with Gasteiger partial charge in [0.2, 0.25) is 0 Å². The van der Waals surface area contributed by atoms with Gasteiger partial charge in [0.15, 0.2) is 12.4 Å². The van der Waals surface area contributed by atoms with Gasteiger partial charge < -0.3 is 22.5 Å². The molecule has 0 bridgehead atoms. The summed E-state index contributed by atoms with van der Waals surface area (Å²) in [5.74, 6) is 0.305. The van der Waals surface area contributed by atoms with Crippen molar-refractivity contribution in [2.75, 3.05) is 0 Å². The van der Waals surface area contributed by atoms with Crippen molar-refractivity contribution in [3.63, 3.8) is 0 Å². The van der Waals surface area contributed by atoms with Crippen LogP contribution >= 0.6 is 0 Å². The van der Waals surface area contributed by atoms with Crippen LogP contribution in [-0.4, -0.2) is 10.1 Å². The molecule has 0 aliphatic heterocycles. The van der Waals surface area contributed by atoms with Crippen molar-refractivity contribution in [2.24, 2.45) is 7.05 Å². The third kappa shape index (κ3) is 1.86. The van der Waals surface area contributed by atoms with E-state index in [2.05, 4.69) is 41.9 Å². The van der Waals surface area contributed by atoms with Crippen LogP contribution in [0.2, 0.25) is 0 Å². The number of H-pyrrole nitrogens is 1. The second kappa shape index (κ2) is 4.89. The summed E-state index contributed by atoms with van der Waals surface area (Å²) >= 11 is 0. The van der Waals surface area contributed by atoms with E-state index in [9.17, 15) is 5.11 Å². The molecule has 4 rings (SSSR count). The van der Waals surface area contributed by atoms with Crippen LogP contribution in [0.3, 0.4) is 0 Å². The molecule has 0 fully saturated rings. The molecular weight excluding hydrogens is 296 g/mol. The molecule has 4 heteroatoms. The first-order valence-corrected chi connectivity index (χ1v) is 7.09. The molecule has 0 amide bonds. The molecule has 0 aliphatic carbocycles. The molecule has 0 saturated heterocycles. The van der Waals surface area contributed by atoms with Crippen molar-refractivity contribution in [3.05, 3.63) is 47.8 Å². The largest absolute Gasteiger partial charge is 1.00 e. The van der Waals surface area contributed by atoms with E-state index in [1.807, 2.05) is 19.2 Å². The standard InChI is InChI=1S/C18H16N2O.ClH/c1-10-15-9-20(3)7-6-13(15)11(2)18-17(10)14-8-12(21)4-5-16(14)19-18;/h4-9,21H,1-3H3;1H. The lowest BCUT2D eigenvalue weighted by atomic mass is 9.97. The monoisotopic (exact) mass is 312 g/mol. The average molecular weight is 313 g/mol. The lowest BCUT2D eigenvalue weighted by Crippen LogP contribution is -3.00. The minimum Gasteiger partial charge on any atom is -1.00 e. The van der Waals surface area contributed by atoms with Gasteiger partial charge in [-0.05, 0) is 48.6 Å². The molecule has 2 aromatic carbocycles. The van der Waals surface area contributed by atoms with Crippen molar-refractivity contribution < 1.29 is 22.1 Å². The van der Waals surface area contributed by atoms with E-state index in [4.69, 9.17) is 0 Å². The Bertz CT molecular complexity index is 1030. The highest BCUT2D eigenvalue weighted by Gasteiger charge is 2.15. The summed E-state index contributed by atoms with van der Waals surface area (Å²) in [5.41, 5.74) is 4.73. The molecule has 22 heavy (non-hydrogen) atoms. The summed E-state index contributed by atoms with van der Waals surface area (Å²) in [7, 11) is 2.04. The molecule has 0 radical (unpaired) electrons. The summed E-state index contributed by atoms with van der Waals surface area (Å²) in [6.07, 6.45) is 4.24. The number of phenols is 1. The molecular formula is C18H17ClN2O. The molecule has 0 spiro atoms. The van der Waals surface area contributed by atoms with Crippen molar-refractivity contribution in [1.82, 2.24) is 4.98 Å². The molecule has 3 nitrogen and oxygen atoms in total. The predicted molar refractivity (Wildman–Crippen MR) is 85.6 cm³/mol. The number of halogens is 1. The Kier molecular flexibility index (Phi) is 3.26. The number of rotatable bonds is 0. The highest BCUT2D eigenvalue weighted by Crippen LogP contribution is 2.36. The molecule has 4 aromatic rings. The van der Waals surface area contributed by atoms with Crippen molar-refractivity contribution in [2.45, 2.75) is 13.8 Å². The number of pyridine rings is 1. The Hall–Kier alpha value is -2.26. The van der Waals surface area contributed by atoms with Gasteiger partial charge in [0.05, 0.1) is 5.52 Å². The van der Waals surface area contributed by atoms with Gasteiger partial charge in [0.25, 0.3) is 0 Å². The Balaban J connectivity index is 0.00000144. The fourth-order valence-electron chi connectivity index (χ4n) is 3.34. The zero-order chi connectivity index (χ0) is 14.7. The Morgan fingerprint density at radius 3 is 2.55 bits per heavy atom. The first-order chi connectivity index (χ1) is 10.1. The molecule has 0 aliphatic rings. The van der Waals surface area contributed by atoms with Crippen LogP contribution in [0.25, 0.3) is 32.6 Å². The van der Waals surface area contributed by atoms with Crippen LogP contribution in [0.15, 0.2) is 36.7 Å². The quantitative estimate of drug-likeness (QED) is 0.459. The van der Waals surface area contributed by atoms with Crippen LogP contribution < -0.4 is 17.0 Å². The number of aromatic amines is 1. The van der Waals surface area contributed by atoms with E-state index in [1.165, 1.54) is 27.3 Å². The van der Waals surface area contributed by atoms with Crippen LogP contribution in [-0.2, 0) is 7.05 Å². The SMILES string of the molecule is Cc1c2cc[n+](C)cc2c(C)c2c1[nH]c1ccc(O)cc12.[Cl-]. The number of phenolic OH excluding ortho intramolecular Hbond substituents is 1. The summed E-state index contributed by atoms with van der Waals surface area (Å²) in [4.78, 5) is 3.50. The van der Waals surface area contributed by atoms with Crippen LogP contribution in [0.4, 0.5) is 0 Å². The molecule has 0 saturated carbocycles. The van der Waals surface area contributed by atoms with Gasteiger partial charge in [0.1, 0.15) is 12.8 Å². The first-order valence-electron chi connectivity index (χ1n) is 7.09. The zero-order valence-electron chi connectivity index (χ0n) is 12.7. The molecule has 2 heterocycles. The number of aryl methyl sites for hydroxylation is 3. The second-order valence-corrected chi connectivity index (χ2v) is 5.79. The Morgan fingerprint density at radius 1 is 1.00 bits per heavy atom. The Morgan fingerprint density at radius 2 is 1.77 bits per heavy atom. The number of fused-ring (bicyclic) bond motifs is 4. The Labute approximate surface area is 134 Å². The van der Waals surface area contributed by atoms with Gasteiger partial charge in [-0.3, -0.25) is 0 Å². The molecule has 0 atom stereocenters. The normalized spacial score (nSPS) is 11.2. The van der Waals surface area contributed by atoms with E-state index in [0.29, 0.717) is 5.75 Å². The fourth-order valence-corrected chi connectivity index (χ4v) is 3.34. The third-order valence-corrected chi connectivity index (χ3v) is 4.44. The highest BCUT2D eigenvalue weighted by molar-refractivity contribution is 6.16. The van der Waals surface area contributed by atoms with E-state index < -0.39 is 0 Å².